The Bertz CT molecular complexity index is 987. The number of rotatable bonds is 0. The molecule has 2 aromatic carbocycles. The Kier molecular flexibility index (Phi) is 7.91. The minimum Gasteiger partial charge on any atom is -0.458 e. The summed E-state index contributed by atoms with van der Waals surface area (Å²) >= 11 is 0. The zero-order chi connectivity index (χ0) is 22.8. The molecule has 0 aromatic heterocycles. The van der Waals surface area contributed by atoms with Gasteiger partial charge in [-0.25, -0.2) is 19.2 Å². The molecule has 0 atom stereocenters. The number of hydrogen-bond acceptors (Lipinski definition) is 8. The van der Waals surface area contributed by atoms with Gasteiger partial charge in [0, 0.05) is 24.3 Å². The molecule has 3 rings (SSSR count). The number of benzene rings is 2. The van der Waals surface area contributed by atoms with E-state index in [0.717, 1.165) is 24.3 Å². The van der Waals surface area contributed by atoms with Crippen molar-refractivity contribution in [1.29, 1.82) is 0 Å². The minimum atomic E-state index is -0.722. The number of ether oxygens (including phenoxy) is 4. The average Bonchev–Trinajstić information content (AvgIpc) is 2.81. The molecule has 0 N–H and O–H groups in total. The van der Waals surface area contributed by atoms with E-state index in [2.05, 4.69) is 0 Å². The number of esters is 4. The molecule has 1 aliphatic rings. The van der Waals surface area contributed by atoms with E-state index in [-0.39, 0.29) is 26.4 Å². The molecule has 32 heavy (non-hydrogen) atoms. The van der Waals surface area contributed by atoms with Crippen molar-refractivity contribution in [2.75, 3.05) is 0 Å². The summed E-state index contributed by atoms with van der Waals surface area (Å²) in [6, 6.07) is 13.8. The number of carbonyl (C=O) groups is 4. The molecule has 0 spiro atoms. The van der Waals surface area contributed by atoms with Crippen LogP contribution in [0.15, 0.2) is 72.8 Å². The summed E-state index contributed by atoms with van der Waals surface area (Å²) < 4.78 is 20.5. The maximum absolute atomic E-state index is 11.9. The predicted molar refractivity (Wildman–Crippen MR) is 110 cm³/mol. The number of cyclic esters (lactones) is 4. The molecule has 1 heterocycles. The first kappa shape index (κ1) is 22.5. The lowest BCUT2D eigenvalue weighted by molar-refractivity contribution is -0.142. The highest BCUT2D eigenvalue weighted by Crippen LogP contribution is 2.13. The molecule has 0 radical (unpaired) electrons. The molecule has 2 bridgehead atoms. The summed E-state index contributed by atoms with van der Waals surface area (Å²) in [6.07, 6.45) is 3.92. The Morgan fingerprint density at radius 3 is 1.25 bits per heavy atom. The summed E-state index contributed by atoms with van der Waals surface area (Å²) in [6.45, 7) is -0.222. The van der Waals surface area contributed by atoms with E-state index in [0.29, 0.717) is 22.3 Å². The molecule has 8 nitrogen and oxygen atoms in total. The maximum Gasteiger partial charge on any atom is 0.331 e. The molecule has 0 saturated carbocycles. The molecule has 0 saturated heterocycles. The van der Waals surface area contributed by atoms with Crippen molar-refractivity contribution in [2.24, 2.45) is 0 Å². The third-order valence-corrected chi connectivity index (χ3v) is 4.32. The standard InChI is InChI=1S/C24H20O8/c25-21-8-10-23(27)31-15-19-6-1-2-7-20(19)16-32-24(28)11-9-22(26)30-14-18-5-3-4-17(12-18)13-29-21/h1-12H,13-16H2/b10-8-,11-9-. The summed E-state index contributed by atoms with van der Waals surface area (Å²) in [5.74, 6) is -2.86. The van der Waals surface area contributed by atoms with Crippen LogP contribution < -0.4 is 0 Å². The molecule has 0 unspecified atom stereocenters. The van der Waals surface area contributed by atoms with E-state index in [1.807, 2.05) is 0 Å². The van der Waals surface area contributed by atoms with Crippen LogP contribution in [0.5, 0.6) is 0 Å². The second-order valence-corrected chi connectivity index (χ2v) is 6.69. The largest absolute Gasteiger partial charge is 0.458 e. The van der Waals surface area contributed by atoms with Crippen LogP contribution in [0.4, 0.5) is 0 Å². The van der Waals surface area contributed by atoms with Crippen molar-refractivity contribution in [3.8, 4) is 0 Å². The predicted octanol–water partition coefficient (Wildman–Crippen LogP) is 2.69. The van der Waals surface area contributed by atoms with Gasteiger partial charge in [-0.3, -0.25) is 0 Å². The summed E-state index contributed by atoms with van der Waals surface area (Å²) in [7, 11) is 0. The van der Waals surface area contributed by atoms with E-state index >= 15 is 0 Å². The van der Waals surface area contributed by atoms with Crippen molar-refractivity contribution < 1.29 is 38.1 Å². The number of fused-ring (bicyclic) bond motifs is 3. The first-order valence-electron chi connectivity index (χ1n) is 9.67. The van der Waals surface area contributed by atoms with Gasteiger partial charge in [0.15, 0.2) is 0 Å². The van der Waals surface area contributed by atoms with Crippen molar-refractivity contribution >= 4 is 23.9 Å². The molecular formula is C24H20O8. The zero-order valence-corrected chi connectivity index (χ0v) is 17.0. The fourth-order valence-corrected chi connectivity index (χ4v) is 2.72. The van der Waals surface area contributed by atoms with E-state index in [1.165, 1.54) is 0 Å². The summed E-state index contributed by atoms with van der Waals surface area (Å²) in [5.41, 5.74) is 2.59. The molecule has 0 fully saturated rings. The Morgan fingerprint density at radius 1 is 0.469 bits per heavy atom. The second kappa shape index (κ2) is 11.3. The number of carbonyl (C=O) groups excluding carboxylic acids is 4. The van der Waals surface area contributed by atoms with Gasteiger partial charge in [-0.2, -0.15) is 0 Å². The highest BCUT2D eigenvalue weighted by Gasteiger charge is 2.09. The van der Waals surface area contributed by atoms with Gasteiger partial charge in [-0.05, 0) is 28.3 Å². The quantitative estimate of drug-likeness (QED) is 0.459. The molecule has 164 valence electrons. The lowest BCUT2D eigenvalue weighted by atomic mass is 10.1. The SMILES string of the molecule is O=C1/C=C\C(=O)OCc2ccccc2COC(=O)/C=C\C(=O)OCc2cccc(c2)CO1. The Balaban J connectivity index is 1.76. The number of hydrogen-bond donors (Lipinski definition) is 0. The zero-order valence-electron chi connectivity index (χ0n) is 17.0. The minimum absolute atomic E-state index is 0.0286. The summed E-state index contributed by atoms with van der Waals surface area (Å²) in [5, 5.41) is 0. The van der Waals surface area contributed by atoms with Gasteiger partial charge in [0.05, 0.1) is 0 Å². The lowest BCUT2D eigenvalue weighted by Gasteiger charge is -2.09. The van der Waals surface area contributed by atoms with Crippen LogP contribution in [0.3, 0.4) is 0 Å². The van der Waals surface area contributed by atoms with Crippen LogP contribution in [-0.4, -0.2) is 23.9 Å². The average molecular weight is 436 g/mol. The van der Waals surface area contributed by atoms with Crippen LogP contribution in [0.2, 0.25) is 0 Å². The van der Waals surface area contributed by atoms with Crippen LogP contribution >= 0.6 is 0 Å². The van der Waals surface area contributed by atoms with E-state index in [4.69, 9.17) is 18.9 Å². The lowest BCUT2D eigenvalue weighted by Crippen LogP contribution is -2.07. The van der Waals surface area contributed by atoms with Gasteiger partial charge < -0.3 is 18.9 Å². The van der Waals surface area contributed by atoms with E-state index < -0.39 is 23.9 Å². The third kappa shape index (κ3) is 7.24. The Hall–Kier alpha value is -4.20. The molecular weight excluding hydrogens is 416 g/mol. The van der Waals surface area contributed by atoms with Crippen LogP contribution in [0, 0.1) is 0 Å². The van der Waals surface area contributed by atoms with Crippen molar-refractivity contribution in [3.05, 3.63) is 95.1 Å². The maximum atomic E-state index is 11.9. The highest BCUT2D eigenvalue weighted by molar-refractivity contribution is 5.92. The fraction of sp³-hybridized carbons (Fsp3) is 0.167. The van der Waals surface area contributed by atoms with E-state index in [9.17, 15) is 19.2 Å². The third-order valence-electron chi connectivity index (χ3n) is 4.32. The smallest absolute Gasteiger partial charge is 0.331 e. The van der Waals surface area contributed by atoms with Gasteiger partial charge >= 0.3 is 23.9 Å². The van der Waals surface area contributed by atoms with Gasteiger partial charge in [-0.1, -0.05) is 42.5 Å². The topological polar surface area (TPSA) is 105 Å². The summed E-state index contributed by atoms with van der Waals surface area (Å²) in [4.78, 5) is 47.6. The first-order chi connectivity index (χ1) is 15.5. The van der Waals surface area contributed by atoms with Crippen LogP contribution in [-0.2, 0) is 64.6 Å². The highest BCUT2D eigenvalue weighted by atomic mass is 16.5. The van der Waals surface area contributed by atoms with E-state index in [1.54, 1.807) is 48.5 Å². The normalized spacial score (nSPS) is 18.0. The monoisotopic (exact) mass is 436 g/mol. The molecule has 1 aliphatic heterocycles. The van der Waals surface area contributed by atoms with Gasteiger partial charge in [0.2, 0.25) is 0 Å². The van der Waals surface area contributed by atoms with Crippen LogP contribution in [0.25, 0.3) is 0 Å². The Labute approximate surface area is 184 Å². The first-order valence-corrected chi connectivity index (χ1v) is 9.67. The van der Waals surface area contributed by atoms with Gasteiger partial charge in [0.25, 0.3) is 0 Å². The molecule has 0 amide bonds. The molecule has 2 aromatic rings. The van der Waals surface area contributed by atoms with Gasteiger partial charge in [0.1, 0.15) is 26.4 Å². The Morgan fingerprint density at radius 2 is 0.844 bits per heavy atom. The fourth-order valence-electron chi connectivity index (χ4n) is 2.72. The molecule has 8 heteroatoms. The van der Waals surface area contributed by atoms with Crippen LogP contribution in [0.1, 0.15) is 22.3 Å². The van der Waals surface area contributed by atoms with Crippen molar-refractivity contribution in [2.45, 2.75) is 26.4 Å². The van der Waals surface area contributed by atoms with Gasteiger partial charge in [-0.15, -0.1) is 0 Å². The van der Waals surface area contributed by atoms with Crippen molar-refractivity contribution in [1.82, 2.24) is 0 Å². The second-order valence-electron chi connectivity index (χ2n) is 6.69. The van der Waals surface area contributed by atoms with Crippen molar-refractivity contribution in [3.63, 3.8) is 0 Å². The molecule has 0 aliphatic carbocycles.